The summed E-state index contributed by atoms with van der Waals surface area (Å²) in [5, 5.41) is 12.2. The molecule has 0 aliphatic heterocycles. The number of carbonyl (C=O) groups excluding carboxylic acids is 1. The summed E-state index contributed by atoms with van der Waals surface area (Å²) in [6, 6.07) is 23.6. The molecule has 1 unspecified atom stereocenters. The quantitative estimate of drug-likeness (QED) is 0.316. The van der Waals surface area contributed by atoms with Gasteiger partial charge in [0.2, 0.25) is 5.91 Å². The van der Waals surface area contributed by atoms with Gasteiger partial charge in [-0.3, -0.25) is 4.79 Å². The van der Waals surface area contributed by atoms with Crippen molar-refractivity contribution in [2.45, 2.75) is 37.7 Å². The second-order valence-electron chi connectivity index (χ2n) is 8.02. The maximum absolute atomic E-state index is 13.6. The van der Waals surface area contributed by atoms with Crippen LogP contribution in [0.15, 0.2) is 78.0 Å². The van der Waals surface area contributed by atoms with Gasteiger partial charge in [0.25, 0.3) is 0 Å². The Labute approximate surface area is 204 Å². The molecule has 0 saturated carbocycles. The van der Waals surface area contributed by atoms with Crippen molar-refractivity contribution in [2.75, 3.05) is 12.4 Å². The molecule has 0 saturated heterocycles. The fraction of sp³-hybridized carbons (Fsp3) is 0.222. The molecule has 174 valence electrons. The number of carbonyl (C=O) groups is 1. The average Bonchev–Trinajstić information content (AvgIpc) is 3.26. The van der Waals surface area contributed by atoms with Gasteiger partial charge in [-0.25, -0.2) is 0 Å². The molecule has 4 rings (SSSR count). The molecular formula is C27H28N4O2S. The van der Waals surface area contributed by atoms with Crippen LogP contribution in [0, 0.1) is 13.8 Å². The van der Waals surface area contributed by atoms with Gasteiger partial charge >= 0.3 is 0 Å². The van der Waals surface area contributed by atoms with Crippen molar-refractivity contribution >= 4 is 23.4 Å². The number of hydrogen-bond donors (Lipinski definition) is 1. The van der Waals surface area contributed by atoms with E-state index in [0.29, 0.717) is 23.1 Å². The highest BCUT2D eigenvalue weighted by molar-refractivity contribution is 8.00. The number of nitrogens with zero attached hydrogens (tertiary/aromatic N) is 3. The molecule has 0 bridgehead atoms. The van der Waals surface area contributed by atoms with Crippen LogP contribution in [0.3, 0.4) is 0 Å². The number of aryl methyl sites for hydroxylation is 2. The van der Waals surface area contributed by atoms with Crippen LogP contribution in [0.4, 0.5) is 5.69 Å². The summed E-state index contributed by atoms with van der Waals surface area (Å²) < 4.78 is 7.51. The predicted octanol–water partition coefficient (Wildman–Crippen LogP) is 6.06. The van der Waals surface area contributed by atoms with Crippen LogP contribution in [0.5, 0.6) is 5.75 Å². The van der Waals surface area contributed by atoms with Crippen LogP contribution in [-0.2, 0) is 11.3 Å². The first-order valence-corrected chi connectivity index (χ1v) is 12.1. The van der Waals surface area contributed by atoms with Gasteiger partial charge in [0.05, 0.1) is 12.8 Å². The Bertz CT molecular complexity index is 1290. The fourth-order valence-corrected chi connectivity index (χ4v) is 4.88. The summed E-state index contributed by atoms with van der Waals surface area (Å²) in [6.45, 7) is 6.78. The number of amides is 1. The number of thioether (sulfide) groups is 1. The minimum atomic E-state index is -0.522. The number of anilines is 1. The second kappa shape index (κ2) is 10.6. The normalized spacial score (nSPS) is 11.8. The minimum absolute atomic E-state index is 0.150. The van der Waals surface area contributed by atoms with Gasteiger partial charge in [-0.1, -0.05) is 71.9 Å². The number of aromatic nitrogens is 3. The Morgan fingerprint density at radius 3 is 2.47 bits per heavy atom. The molecule has 4 aromatic rings. The summed E-state index contributed by atoms with van der Waals surface area (Å²) in [4.78, 5) is 13.6. The van der Waals surface area contributed by atoms with Crippen LogP contribution in [-0.4, -0.2) is 27.8 Å². The van der Waals surface area contributed by atoms with Gasteiger partial charge in [0.15, 0.2) is 11.0 Å². The smallest absolute Gasteiger partial charge is 0.242 e. The predicted molar refractivity (Wildman–Crippen MR) is 137 cm³/mol. The molecule has 3 aromatic carbocycles. The molecule has 7 heteroatoms. The molecular weight excluding hydrogens is 444 g/mol. The molecule has 34 heavy (non-hydrogen) atoms. The first-order valence-electron chi connectivity index (χ1n) is 11.2. The summed E-state index contributed by atoms with van der Waals surface area (Å²) in [5.74, 6) is 1.26. The summed E-state index contributed by atoms with van der Waals surface area (Å²) in [7, 11) is 1.60. The lowest BCUT2D eigenvalue weighted by Crippen LogP contribution is -2.20. The molecule has 1 N–H and O–H groups in total. The third-order valence-corrected chi connectivity index (χ3v) is 6.72. The Morgan fingerprint density at radius 1 is 1.00 bits per heavy atom. The number of nitrogens with one attached hydrogen (secondary N) is 1. The topological polar surface area (TPSA) is 69.0 Å². The van der Waals surface area contributed by atoms with Gasteiger partial charge in [-0.15, -0.1) is 10.2 Å². The zero-order valence-electron chi connectivity index (χ0n) is 19.8. The summed E-state index contributed by atoms with van der Waals surface area (Å²) in [5.41, 5.74) is 4.73. The standard InChI is InChI=1S/C27H28N4O2S/c1-5-31-25(21-13-9-10-18(2)16-21)29-30-27(31)34-24(20-11-7-6-8-12-20)26(32)28-22-17-19(3)14-15-23(22)33-4/h6-17,24H,5H2,1-4H3,(H,28,32). The molecule has 6 nitrogen and oxygen atoms in total. The zero-order valence-corrected chi connectivity index (χ0v) is 20.6. The SMILES string of the molecule is CCn1c(SC(C(=O)Nc2cc(C)ccc2OC)c2ccccc2)nnc1-c1cccc(C)c1. The van der Waals surface area contributed by atoms with E-state index in [-0.39, 0.29) is 5.91 Å². The number of ether oxygens (including phenoxy) is 1. The first kappa shape index (κ1) is 23.6. The van der Waals surface area contributed by atoms with Gasteiger partial charge in [-0.2, -0.15) is 0 Å². The highest BCUT2D eigenvalue weighted by Gasteiger charge is 2.26. The van der Waals surface area contributed by atoms with Crippen LogP contribution in [0.25, 0.3) is 11.4 Å². The van der Waals surface area contributed by atoms with E-state index in [1.807, 2.05) is 67.6 Å². The van der Waals surface area contributed by atoms with Crippen molar-refractivity contribution in [1.29, 1.82) is 0 Å². The molecule has 1 amide bonds. The summed E-state index contributed by atoms with van der Waals surface area (Å²) in [6.07, 6.45) is 0. The lowest BCUT2D eigenvalue weighted by Gasteiger charge is -2.18. The van der Waals surface area contributed by atoms with Gasteiger partial charge in [-0.05, 0) is 50.1 Å². The van der Waals surface area contributed by atoms with E-state index in [1.165, 1.54) is 11.8 Å². The average molecular weight is 473 g/mol. The van der Waals surface area contributed by atoms with Crippen LogP contribution < -0.4 is 10.1 Å². The third kappa shape index (κ3) is 5.15. The van der Waals surface area contributed by atoms with E-state index >= 15 is 0 Å². The molecule has 0 spiro atoms. The molecule has 0 fully saturated rings. The van der Waals surface area contributed by atoms with Gasteiger partial charge < -0.3 is 14.6 Å². The summed E-state index contributed by atoms with van der Waals surface area (Å²) >= 11 is 1.39. The maximum atomic E-state index is 13.6. The van der Waals surface area contributed by atoms with Crippen molar-refractivity contribution in [3.05, 3.63) is 89.5 Å². The number of methoxy groups -OCH3 is 1. The van der Waals surface area contributed by atoms with Crippen molar-refractivity contribution < 1.29 is 9.53 Å². The molecule has 0 aliphatic carbocycles. The zero-order chi connectivity index (χ0) is 24.1. The maximum Gasteiger partial charge on any atom is 0.242 e. The van der Waals surface area contributed by atoms with E-state index in [4.69, 9.17) is 4.74 Å². The number of hydrogen-bond acceptors (Lipinski definition) is 5. The van der Waals surface area contributed by atoms with Crippen molar-refractivity contribution in [1.82, 2.24) is 14.8 Å². The van der Waals surface area contributed by atoms with Crippen LogP contribution in [0.1, 0.15) is 28.9 Å². The van der Waals surface area contributed by atoms with E-state index in [1.54, 1.807) is 7.11 Å². The second-order valence-corrected chi connectivity index (χ2v) is 9.09. The molecule has 1 aromatic heterocycles. The minimum Gasteiger partial charge on any atom is -0.495 e. The Morgan fingerprint density at radius 2 is 1.76 bits per heavy atom. The van der Waals surface area contributed by atoms with Gasteiger partial charge in [0, 0.05) is 12.1 Å². The number of rotatable bonds is 8. The lowest BCUT2D eigenvalue weighted by molar-refractivity contribution is -0.115. The highest BCUT2D eigenvalue weighted by Crippen LogP contribution is 2.38. The fourth-order valence-electron chi connectivity index (χ4n) is 3.78. The van der Waals surface area contributed by atoms with Gasteiger partial charge in [0.1, 0.15) is 11.0 Å². The lowest BCUT2D eigenvalue weighted by atomic mass is 10.1. The molecule has 1 atom stereocenters. The van der Waals surface area contributed by atoms with Crippen molar-refractivity contribution in [2.24, 2.45) is 0 Å². The largest absolute Gasteiger partial charge is 0.495 e. The van der Waals surface area contributed by atoms with Crippen molar-refractivity contribution in [3.63, 3.8) is 0 Å². The molecule has 1 heterocycles. The van der Waals surface area contributed by atoms with E-state index in [0.717, 1.165) is 28.1 Å². The molecule has 0 radical (unpaired) electrons. The van der Waals surface area contributed by atoms with Crippen LogP contribution >= 0.6 is 11.8 Å². The van der Waals surface area contributed by atoms with E-state index in [9.17, 15) is 4.79 Å². The highest BCUT2D eigenvalue weighted by atomic mass is 32.2. The first-order chi connectivity index (χ1) is 16.5. The number of benzene rings is 3. The molecule has 0 aliphatic rings. The Balaban J connectivity index is 1.68. The Kier molecular flexibility index (Phi) is 7.33. The van der Waals surface area contributed by atoms with E-state index < -0.39 is 5.25 Å². The monoisotopic (exact) mass is 472 g/mol. The van der Waals surface area contributed by atoms with Crippen molar-refractivity contribution in [3.8, 4) is 17.1 Å². The third-order valence-electron chi connectivity index (χ3n) is 5.49. The van der Waals surface area contributed by atoms with E-state index in [2.05, 4.69) is 46.1 Å². The van der Waals surface area contributed by atoms with Crippen LogP contribution in [0.2, 0.25) is 0 Å². The Hall–Kier alpha value is -3.58.